The molecule has 0 radical (unpaired) electrons. The summed E-state index contributed by atoms with van der Waals surface area (Å²) in [6, 6.07) is 7.24. The summed E-state index contributed by atoms with van der Waals surface area (Å²) < 4.78 is 6.40. The third-order valence-electron chi connectivity index (χ3n) is 5.75. The smallest absolute Gasteiger partial charge is 0.407 e. The lowest BCUT2D eigenvalue weighted by molar-refractivity contribution is -0.112. The van der Waals surface area contributed by atoms with Crippen molar-refractivity contribution in [3.05, 3.63) is 51.3 Å². The highest BCUT2D eigenvalue weighted by Crippen LogP contribution is 2.25. The van der Waals surface area contributed by atoms with Crippen LogP contribution in [-0.4, -0.2) is 47.8 Å². The number of hydrogen-bond acceptors (Lipinski definition) is 5. The number of nitrogens with one attached hydrogen (secondary N) is 3. The van der Waals surface area contributed by atoms with E-state index in [1.54, 1.807) is 6.21 Å². The van der Waals surface area contributed by atoms with E-state index in [2.05, 4.69) is 43.5 Å². The number of nitrogens with zero attached hydrogens (tertiary/aromatic N) is 2. The Balaban J connectivity index is 1.48. The van der Waals surface area contributed by atoms with Crippen molar-refractivity contribution in [2.75, 3.05) is 5.32 Å². The van der Waals surface area contributed by atoms with Gasteiger partial charge in [0, 0.05) is 9.78 Å². The average molecular weight is 575 g/mol. The molecule has 1 saturated carbocycles. The van der Waals surface area contributed by atoms with Crippen molar-refractivity contribution in [3.63, 3.8) is 0 Å². The fraction of sp³-hybridized carbons (Fsp3) is 0.440. The molecule has 34 heavy (non-hydrogen) atoms. The van der Waals surface area contributed by atoms with Crippen LogP contribution < -0.4 is 16.0 Å². The Morgan fingerprint density at radius 1 is 1.21 bits per heavy atom. The predicted molar refractivity (Wildman–Crippen MR) is 142 cm³/mol. The lowest BCUT2D eigenvalue weighted by Gasteiger charge is -2.31. The number of hydrogen-bond donors (Lipinski definition) is 3. The first kappa shape index (κ1) is 24.4. The van der Waals surface area contributed by atoms with Gasteiger partial charge in [-0.2, -0.15) is 0 Å². The monoisotopic (exact) mass is 575 g/mol. The fourth-order valence-electron chi connectivity index (χ4n) is 4.19. The number of amidine groups is 1. The first-order valence-corrected chi connectivity index (χ1v) is 12.6. The van der Waals surface area contributed by atoms with Crippen LogP contribution in [0.2, 0.25) is 0 Å². The van der Waals surface area contributed by atoms with E-state index in [0.717, 1.165) is 40.6 Å². The maximum absolute atomic E-state index is 13.0. The highest BCUT2D eigenvalue weighted by molar-refractivity contribution is 14.1. The molecule has 180 valence electrons. The van der Waals surface area contributed by atoms with Gasteiger partial charge in [0.15, 0.2) is 0 Å². The van der Waals surface area contributed by atoms with Crippen LogP contribution in [0.3, 0.4) is 0 Å². The van der Waals surface area contributed by atoms with Crippen molar-refractivity contribution < 1.29 is 14.3 Å². The van der Waals surface area contributed by atoms with E-state index in [1.807, 2.05) is 57.2 Å². The van der Waals surface area contributed by atoms with Crippen LogP contribution in [0, 0.1) is 3.57 Å². The molecular weight excluding hydrogens is 545 g/mol. The van der Waals surface area contributed by atoms with Gasteiger partial charge >= 0.3 is 6.09 Å². The van der Waals surface area contributed by atoms with E-state index < -0.39 is 11.7 Å². The molecule has 1 aliphatic carbocycles. The number of benzene rings is 1. The van der Waals surface area contributed by atoms with Crippen LogP contribution in [0.5, 0.6) is 0 Å². The lowest BCUT2D eigenvalue weighted by atomic mass is 9.90. The number of aliphatic imine (C=N–C) groups is 2. The van der Waals surface area contributed by atoms with Gasteiger partial charge in [0.05, 0.1) is 29.0 Å². The Bertz CT molecular complexity index is 1090. The average Bonchev–Trinajstić information content (AvgIpc) is 3.19. The molecule has 8 nitrogen and oxygen atoms in total. The molecule has 0 saturated heterocycles. The predicted octanol–water partition coefficient (Wildman–Crippen LogP) is 4.33. The van der Waals surface area contributed by atoms with Gasteiger partial charge in [-0.15, -0.1) is 0 Å². The molecule has 2 heterocycles. The zero-order chi connectivity index (χ0) is 24.3. The molecule has 3 N–H and O–H groups in total. The number of anilines is 1. The van der Waals surface area contributed by atoms with E-state index in [-0.39, 0.29) is 24.0 Å². The maximum Gasteiger partial charge on any atom is 0.407 e. The second-order valence-corrected chi connectivity index (χ2v) is 10.7. The third-order valence-corrected chi connectivity index (χ3v) is 6.69. The van der Waals surface area contributed by atoms with Crippen LogP contribution in [0.4, 0.5) is 10.5 Å². The van der Waals surface area contributed by atoms with E-state index in [0.29, 0.717) is 11.4 Å². The zero-order valence-electron chi connectivity index (χ0n) is 19.6. The summed E-state index contributed by atoms with van der Waals surface area (Å²) in [5.74, 6) is 0.453. The molecule has 0 bridgehead atoms. The van der Waals surface area contributed by atoms with E-state index in [9.17, 15) is 9.59 Å². The number of carbonyl (C=O) groups is 2. The highest BCUT2D eigenvalue weighted by atomic mass is 127. The second kappa shape index (κ2) is 10.3. The molecule has 9 heteroatoms. The lowest BCUT2D eigenvalue weighted by Crippen LogP contribution is -2.47. The Hall–Kier alpha value is -2.69. The van der Waals surface area contributed by atoms with Crippen LogP contribution in [-0.2, 0) is 9.53 Å². The van der Waals surface area contributed by atoms with Crippen LogP contribution in [0.25, 0.3) is 0 Å². The van der Waals surface area contributed by atoms with Crippen LogP contribution in [0.1, 0.15) is 46.5 Å². The minimum atomic E-state index is -0.549. The highest BCUT2D eigenvalue weighted by Gasteiger charge is 2.31. The summed E-state index contributed by atoms with van der Waals surface area (Å²) in [7, 11) is 0. The number of halogens is 1. The van der Waals surface area contributed by atoms with Crippen molar-refractivity contribution in [2.24, 2.45) is 9.98 Å². The fourth-order valence-corrected chi connectivity index (χ4v) is 4.71. The Labute approximate surface area is 213 Å². The van der Waals surface area contributed by atoms with Crippen LogP contribution in [0.15, 0.2) is 57.7 Å². The maximum atomic E-state index is 13.0. The molecule has 1 aromatic carbocycles. The van der Waals surface area contributed by atoms with E-state index in [1.165, 1.54) is 0 Å². The molecule has 0 aromatic heterocycles. The molecule has 1 fully saturated rings. The summed E-state index contributed by atoms with van der Waals surface area (Å²) in [6.45, 7) is 5.55. The molecule has 1 unspecified atom stereocenters. The number of alkyl carbamates (subject to hydrolysis) is 1. The third kappa shape index (κ3) is 6.05. The zero-order valence-corrected chi connectivity index (χ0v) is 21.8. The molecule has 4 rings (SSSR count). The number of ether oxygens (including phenoxy) is 1. The van der Waals surface area contributed by atoms with Gasteiger partial charge < -0.3 is 20.7 Å². The largest absolute Gasteiger partial charge is 0.444 e. The quantitative estimate of drug-likeness (QED) is 0.465. The van der Waals surface area contributed by atoms with Gasteiger partial charge in [0.25, 0.3) is 5.91 Å². The standard InChI is InChI=1S/C25H30IN5O3/c1-25(2,3)34-24(33)30-19-11-7-6-10-18(19)28-21-13-12-20-22(31-21)15(14-27-20)23(32)29-17-9-5-4-8-16(17)26/h4-5,8-9,12-14,18-20H,6-7,10-11H2,1-3H3,(H,28,31)(H,29,32)(H,30,33)/t18-,19+,20?/m1/s1. The van der Waals surface area contributed by atoms with E-state index in [4.69, 9.17) is 9.73 Å². The Kier molecular flexibility index (Phi) is 7.39. The molecule has 3 atom stereocenters. The van der Waals surface area contributed by atoms with Crippen LogP contribution >= 0.6 is 22.6 Å². The number of rotatable bonds is 4. The van der Waals surface area contributed by atoms with Crippen molar-refractivity contribution in [1.29, 1.82) is 0 Å². The Morgan fingerprint density at radius 2 is 1.97 bits per heavy atom. The number of carbonyl (C=O) groups excluding carboxylic acids is 2. The minimum absolute atomic E-state index is 0.0731. The number of para-hydroxylation sites is 1. The summed E-state index contributed by atoms with van der Waals surface area (Å²) in [5, 5.41) is 9.28. The van der Waals surface area contributed by atoms with Gasteiger partial charge in [-0.05, 0) is 74.4 Å². The summed E-state index contributed by atoms with van der Waals surface area (Å²) >= 11 is 2.20. The minimum Gasteiger partial charge on any atom is -0.444 e. The Morgan fingerprint density at radius 3 is 2.74 bits per heavy atom. The second-order valence-electron chi connectivity index (χ2n) is 9.59. The first-order chi connectivity index (χ1) is 16.2. The van der Waals surface area contributed by atoms with Gasteiger partial charge in [-0.3, -0.25) is 14.8 Å². The SMILES string of the molecule is CC(C)(C)OC(=O)N[C@H]1CCCC[C@H]1N=C1C=CC2N=CC(C(=O)Nc3ccccc3I)=C2N1. The molecule has 0 spiro atoms. The molecule has 3 aliphatic rings. The summed E-state index contributed by atoms with van der Waals surface area (Å²) in [6.07, 6.45) is 8.83. The van der Waals surface area contributed by atoms with Crippen molar-refractivity contribution in [2.45, 2.75) is 70.2 Å². The summed E-state index contributed by atoms with van der Waals surface area (Å²) in [5.41, 5.74) is 1.43. The van der Waals surface area contributed by atoms with Crippen molar-refractivity contribution >= 4 is 52.3 Å². The molecule has 1 aromatic rings. The van der Waals surface area contributed by atoms with Gasteiger partial charge in [-0.1, -0.05) is 31.1 Å². The van der Waals surface area contributed by atoms with E-state index >= 15 is 0 Å². The van der Waals surface area contributed by atoms with Gasteiger partial charge in [-0.25, -0.2) is 4.79 Å². The molecular formula is C25H30IN5O3. The first-order valence-electron chi connectivity index (χ1n) is 11.6. The topological polar surface area (TPSA) is 104 Å². The van der Waals surface area contributed by atoms with Crippen molar-refractivity contribution in [1.82, 2.24) is 10.6 Å². The van der Waals surface area contributed by atoms with Gasteiger partial charge in [0.2, 0.25) is 0 Å². The number of amides is 2. The summed E-state index contributed by atoms with van der Waals surface area (Å²) in [4.78, 5) is 34.7. The molecule has 2 amide bonds. The molecule has 2 aliphatic heterocycles. The normalized spacial score (nSPS) is 25.1. The van der Waals surface area contributed by atoms with Gasteiger partial charge in [0.1, 0.15) is 17.5 Å². The van der Waals surface area contributed by atoms with Crippen molar-refractivity contribution in [3.8, 4) is 0 Å². The number of fused-ring (bicyclic) bond motifs is 1.